The van der Waals surface area contributed by atoms with Crippen molar-refractivity contribution >= 4 is 11.8 Å². The summed E-state index contributed by atoms with van der Waals surface area (Å²) in [6.07, 6.45) is 3.92. The van der Waals surface area contributed by atoms with Gasteiger partial charge in [-0.05, 0) is 12.5 Å². The third-order valence-electron chi connectivity index (χ3n) is 1.09. The Morgan fingerprint density at radius 3 is 3.09 bits per heavy atom. The molecule has 1 heterocycles. The molecule has 1 rings (SSSR count). The van der Waals surface area contributed by atoms with E-state index in [1.807, 2.05) is 6.07 Å². The molecular formula is C7H9N2OS. The van der Waals surface area contributed by atoms with Gasteiger partial charge in [0.15, 0.2) is 0 Å². The zero-order chi connectivity index (χ0) is 7.94. The normalized spacial score (nSPS) is 9.91. The summed E-state index contributed by atoms with van der Waals surface area (Å²) in [4.78, 5) is 7.79. The van der Waals surface area contributed by atoms with Gasteiger partial charge in [-0.15, -0.1) is 11.8 Å². The third-order valence-corrected chi connectivity index (χ3v) is 2.12. The Bertz CT molecular complexity index is 193. The maximum absolute atomic E-state index is 10.1. The zero-order valence-corrected chi connectivity index (χ0v) is 6.88. The van der Waals surface area contributed by atoms with Gasteiger partial charge in [-0.1, -0.05) is 0 Å². The minimum atomic E-state index is -0.00190. The van der Waals surface area contributed by atoms with Crippen LogP contribution in [0.15, 0.2) is 23.6 Å². The van der Waals surface area contributed by atoms with Crippen LogP contribution in [0.2, 0.25) is 0 Å². The monoisotopic (exact) mass is 169 g/mol. The molecule has 0 aliphatic carbocycles. The zero-order valence-electron chi connectivity index (χ0n) is 6.06. The largest absolute Gasteiger partial charge is 0.245 e. The summed E-state index contributed by atoms with van der Waals surface area (Å²) in [5, 5.41) is 11.0. The maximum Gasteiger partial charge on any atom is 0.116 e. The minimum Gasteiger partial charge on any atom is -0.245 e. The number of hydrogen-bond acceptors (Lipinski definition) is 3. The molecule has 0 atom stereocenters. The fourth-order valence-electron chi connectivity index (χ4n) is 0.600. The lowest BCUT2D eigenvalue weighted by Gasteiger charge is -1.95. The molecule has 0 bridgehead atoms. The van der Waals surface area contributed by atoms with Crippen molar-refractivity contribution in [2.24, 2.45) is 0 Å². The lowest BCUT2D eigenvalue weighted by Crippen LogP contribution is -1.86. The molecule has 0 saturated carbocycles. The second kappa shape index (κ2) is 5.09. The van der Waals surface area contributed by atoms with Crippen LogP contribution in [-0.2, 0) is 5.11 Å². The van der Waals surface area contributed by atoms with E-state index in [-0.39, 0.29) is 6.61 Å². The van der Waals surface area contributed by atoms with Crippen LogP contribution in [0.5, 0.6) is 0 Å². The molecule has 3 nitrogen and oxygen atoms in total. The van der Waals surface area contributed by atoms with Crippen LogP contribution >= 0.6 is 11.8 Å². The van der Waals surface area contributed by atoms with Crippen LogP contribution in [0.25, 0.3) is 0 Å². The first-order chi connectivity index (χ1) is 5.43. The molecule has 0 aliphatic rings. The molecule has 1 aromatic rings. The number of rotatable bonds is 4. The summed E-state index contributed by atoms with van der Waals surface area (Å²) in [7, 11) is 0. The Labute approximate surface area is 69.9 Å². The topological polar surface area (TPSA) is 45.7 Å². The second-order valence-corrected chi connectivity index (χ2v) is 3.07. The molecule has 0 aromatic carbocycles. The van der Waals surface area contributed by atoms with Crippen LogP contribution < -0.4 is 0 Å². The number of hydrogen-bond donors (Lipinski definition) is 0. The summed E-state index contributed by atoms with van der Waals surface area (Å²) in [5.74, 6) is 0.848. The molecule has 4 heteroatoms. The third kappa shape index (κ3) is 3.34. The Morgan fingerprint density at radius 1 is 1.55 bits per heavy atom. The quantitative estimate of drug-likeness (QED) is 0.388. The van der Waals surface area contributed by atoms with E-state index in [1.165, 1.54) is 6.33 Å². The van der Waals surface area contributed by atoms with Gasteiger partial charge in [0.05, 0.1) is 11.6 Å². The van der Waals surface area contributed by atoms with E-state index in [0.29, 0.717) is 6.42 Å². The molecule has 11 heavy (non-hydrogen) atoms. The first kappa shape index (κ1) is 8.49. The van der Waals surface area contributed by atoms with Gasteiger partial charge >= 0.3 is 0 Å². The van der Waals surface area contributed by atoms with Crippen molar-refractivity contribution in [1.29, 1.82) is 0 Å². The Kier molecular flexibility index (Phi) is 3.93. The first-order valence-electron chi connectivity index (χ1n) is 3.40. The number of nitrogens with zero attached hydrogens (tertiary/aromatic N) is 2. The van der Waals surface area contributed by atoms with E-state index in [9.17, 15) is 5.11 Å². The van der Waals surface area contributed by atoms with Crippen LogP contribution in [0, 0.1) is 0 Å². The van der Waals surface area contributed by atoms with Crippen molar-refractivity contribution in [2.75, 3.05) is 12.4 Å². The van der Waals surface area contributed by atoms with E-state index < -0.39 is 0 Å². The van der Waals surface area contributed by atoms with Gasteiger partial charge in [0.1, 0.15) is 6.33 Å². The van der Waals surface area contributed by atoms with Gasteiger partial charge in [-0.2, -0.15) is 0 Å². The molecule has 0 aliphatic heterocycles. The van der Waals surface area contributed by atoms with Crippen LogP contribution in [0.4, 0.5) is 0 Å². The van der Waals surface area contributed by atoms with E-state index in [1.54, 1.807) is 18.0 Å². The highest BCUT2D eigenvalue weighted by molar-refractivity contribution is 7.99. The van der Waals surface area contributed by atoms with E-state index in [4.69, 9.17) is 0 Å². The van der Waals surface area contributed by atoms with Gasteiger partial charge in [0, 0.05) is 11.9 Å². The van der Waals surface area contributed by atoms with E-state index in [2.05, 4.69) is 9.97 Å². The molecule has 1 radical (unpaired) electrons. The molecule has 0 N–H and O–H groups in total. The molecule has 59 valence electrons. The fraction of sp³-hybridized carbons (Fsp3) is 0.429. The smallest absolute Gasteiger partial charge is 0.116 e. The summed E-state index contributed by atoms with van der Waals surface area (Å²) in [6.45, 7) is -0.00190. The minimum absolute atomic E-state index is 0.00190. The highest BCUT2D eigenvalue weighted by Crippen LogP contribution is 2.13. The van der Waals surface area contributed by atoms with Crippen LogP contribution in [-0.4, -0.2) is 22.3 Å². The van der Waals surface area contributed by atoms with E-state index in [0.717, 1.165) is 10.8 Å². The summed E-state index contributed by atoms with van der Waals surface area (Å²) in [5.41, 5.74) is 0. The van der Waals surface area contributed by atoms with Crippen molar-refractivity contribution in [3.63, 3.8) is 0 Å². The fourth-order valence-corrected chi connectivity index (χ4v) is 1.35. The van der Waals surface area contributed by atoms with Crippen molar-refractivity contribution in [2.45, 2.75) is 11.4 Å². The van der Waals surface area contributed by atoms with Gasteiger partial charge in [0.2, 0.25) is 0 Å². The Balaban J connectivity index is 2.28. The molecular weight excluding hydrogens is 160 g/mol. The molecule has 0 fully saturated rings. The van der Waals surface area contributed by atoms with Gasteiger partial charge in [-0.25, -0.2) is 15.1 Å². The van der Waals surface area contributed by atoms with Crippen LogP contribution in [0.1, 0.15) is 6.42 Å². The molecule has 0 amide bonds. The summed E-state index contributed by atoms with van der Waals surface area (Å²) in [6, 6.07) is 1.84. The summed E-state index contributed by atoms with van der Waals surface area (Å²) < 4.78 is 0. The van der Waals surface area contributed by atoms with Crippen molar-refractivity contribution in [3.8, 4) is 0 Å². The lowest BCUT2D eigenvalue weighted by atomic mass is 10.5. The highest BCUT2D eigenvalue weighted by Gasteiger charge is 1.92. The average molecular weight is 169 g/mol. The van der Waals surface area contributed by atoms with Gasteiger partial charge in [0.25, 0.3) is 0 Å². The SMILES string of the molecule is [O]CCCSc1ccncn1. The van der Waals surface area contributed by atoms with Crippen molar-refractivity contribution < 1.29 is 5.11 Å². The van der Waals surface area contributed by atoms with Crippen LogP contribution in [0.3, 0.4) is 0 Å². The van der Waals surface area contributed by atoms with Crippen molar-refractivity contribution in [3.05, 3.63) is 18.6 Å². The Hall–Kier alpha value is -0.610. The predicted molar refractivity (Wildman–Crippen MR) is 42.9 cm³/mol. The molecule has 0 unspecified atom stereocenters. The average Bonchev–Trinajstić information content (AvgIpc) is 2.07. The maximum atomic E-state index is 10.1. The second-order valence-electron chi connectivity index (χ2n) is 1.95. The Morgan fingerprint density at radius 2 is 2.45 bits per heavy atom. The predicted octanol–water partition coefficient (Wildman–Crippen LogP) is 1.39. The van der Waals surface area contributed by atoms with E-state index >= 15 is 0 Å². The molecule has 0 spiro atoms. The van der Waals surface area contributed by atoms with Gasteiger partial charge in [-0.3, -0.25) is 0 Å². The standard InChI is InChI=1S/C7H9N2OS/c10-4-1-5-11-7-2-3-8-6-9-7/h2-3,6H,1,4-5H2. The summed E-state index contributed by atoms with van der Waals surface area (Å²) >= 11 is 1.59. The van der Waals surface area contributed by atoms with Gasteiger partial charge < -0.3 is 0 Å². The first-order valence-corrected chi connectivity index (χ1v) is 4.39. The molecule has 1 aromatic heterocycles. The number of thioether (sulfide) groups is 1. The lowest BCUT2D eigenvalue weighted by molar-refractivity contribution is 0.194. The number of aromatic nitrogens is 2. The van der Waals surface area contributed by atoms with Crippen molar-refractivity contribution in [1.82, 2.24) is 9.97 Å². The molecule has 0 saturated heterocycles. The highest BCUT2D eigenvalue weighted by atomic mass is 32.2.